The molecule has 1 aliphatic heterocycles. The lowest BCUT2D eigenvalue weighted by Crippen LogP contribution is -3.06. The fourth-order valence-electron chi connectivity index (χ4n) is 3.49. The zero-order valence-electron chi connectivity index (χ0n) is 16.3. The molecule has 0 radical (unpaired) electrons. The van der Waals surface area contributed by atoms with E-state index < -0.39 is 23.7 Å². The second kappa shape index (κ2) is 8.31. The van der Waals surface area contributed by atoms with Crippen LogP contribution in [0.2, 0.25) is 0 Å². The number of hydrogen-bond acceptors (Lipinski definition) is 4. The lowest BCUT2D eigenvalue weighted by atomic mass is 9.87. The first-order valence-corrected chi connectivity index (χ1v) is 9.22. The number of methoxy groups -OCH3 is 1. The van der Waals surface area contributed by atoms with E-state index in [9.17, 15) is 14.4 Å². The third-order valence-electron chi connectivity index (χ3n) is 4.97. The molecule has 2 atom stereocenters. The van der Waals surface area contributed by atoms with Gasteiger partial charge >= 0.3 is 0 Å². The van der Waals surface area contributed by atoms with E-state index in [2.05, 4.69) is 4.98 Å². The number of Topliss-reactive ketones (excluding diaryl/α,β-unsaturated/α-hetero) is 2. The number of quaternary nitrogens is 1. The molecule has 1 fully saturated rings. The predicted octanol–water partition coefficient (Wildman–Crippen LogP) is -0.395. The smallest absolute Gasteiger partial charge is 0.291 e. The number of ether oxygens (including phenoxy) is 1. The van der Waals surface area contributed by atoms with E-state index in [1.807, 2.05) is 20.2 Å². The molecule has 0 saturated carbocycles. The number of rotatable bonds is 7. The first-order valence-electron chi connectivity index (χ1n) is 9.22. The number of carbonyl (C=O) groups excluding carboxylic acids is 3. The minimum Gasteiger partial charge on any atom is -0.497 e. The number of hydrogen-bond donors (Lipinski definition) is 1. The molecule has 0 bridgehead atoms. The number of nitrogens with zero attached hydrogens (tertiary/aromatic N) is 1. The molecular weight excluding hydrogens is 358 g/mol. The van der Waals surface area contributed by atoms with Crippen molar-refractivity contribution in [1.29, 1.82) is 0 Å². The van der Waals surface area contributed by atoms with Crippen LogP contribution in [0.1, 0.15) is 22.0 Å². The van der Waals surface area contributed by atoms with Crippen molar-refractivity contribution in [1.82, 2.24) is 4.90 Å². The Morgan fingerprint density at radius 3 is 2.64 bits per heavy atom. The molecule has 2 heterocycles. The van der Waals surface area contributed by atoms with Gasteiger partial charge in [-0.05, 0) is 18.2 Å². The number of ketones is 2. The summed E-state index contributed by atoms with van der Waals surface area (Å²) in [6, 6.07) is 9.67. The molecule has 3 rings (SSSR count). The summed E-state index contributed by atoms with van der Waals surface area (Å²) in [5.74, 6) is -2.18. The summed E-state index contributed by atoms with van der Waals surface area (Å²) in [5, 5.41) is 0. The number of amides is 1. The normalized spacial score (nSPS) is 19.4. The minimum absolute atomic E-state index is 0.357. The van der Waals surface area contributed by atoms with E-state index in [4.69, 9.17) is 4.74 Å². The van der Waals surface area contributed by atoms with Crippen LogP contribution in [0.4, 0.5) is 0 Å². The molecule has 2 aromatic rings. The average molecular weight is 383 g/mol. The maximum Gasteiger partial charge on any atom is 0.291 e. The topological polar surface area (TPSA) is 82.3 Å². The van der Waals surface area contributed by atoms with Gasteiger partial charge in [-0.25, -0.2) is 4.98 Å². The number of aromatic nitrogens is 1. The van der Waals surface area contributed by atoms with E-state index in [-0.39, 0.29) is 5.78 Å². The van der Waals surface area contributed by atoms with Gasteiger partial charge in [0.2, 0.25) is 5.78 Å². The highest BCUT2D eigenvalue weighted by atomic mass is 16.5. The van der Waals surface area contributed by atoms with Crippen molar-refractivity contribution in [3.63, 3.8) is 0 Å². The van der Waals surface area contributed by atoms with E-state index >= 15 is 0 Å². The van der Waals surface area contributed by atoms with Crippen molar-refractivity contribution in [2.24, 2.45) is 5.92 Å². The summed E-state index contributed by atoms with van der Waals surface area (Å²) >= 11 is 0. The third kappa shape index (κ3) is 3.80. The summed E-state index contributed by atoms with van der Waals surface area (Å²) < 4.78 is 5.19. The lowest BCUT2D eigenvalue weighted by molar-refractivity contribution is -0.857. The molecule has 1 aromatic carbocycles. The van der Waals surface area contributed by atoms with Gasteiger partial charge in [0.15, 0.2) is 18.2 Å². The molecule has 1 aliphatic rings. The minimum atomic E-state index is -1.08. The van der Waals surface area contributed by atoms with Crippen molar-refractivity contribution in [2.45, 2.75) is 6.04 Å². The molecule has 2 N–H and O–H groups in total. The number of aromatic amines is 1. The van der Waals surface area contributed by atoms with Crippen molar-refractivity contribution in [2.75, 3.05) is 34.3 Å². The molecule has 1 aromatic heterocycles. The number of carbonyl (C=O) groups is 3. The monoisotopic (exact) mass is 383 g/mol. The Bertz CT molecular complexity index is 882. The number of nitrogens with one attached hydrogen (secondary N) is 2. The molecule has 1 amide bonds. The van der Waals surface area contributed by atoms with Crippen LogP contribution in [-0.4, -0.2) is 56.7 Å². The Labute approximate surface area is 163 Å². The van der Waals surface area contributed by atoms with Gasteiger partial charge in [0.25, 0.3) is 5.91 Å². The molecule has 0 aliphatic carbocycles. The van der Waals surface area contributed by atoms with Crippen molar-refractivity contribution < 1.29 is 29.0 Å². The van der Waals surface area contributed by atoms with E-state index in [0.717, 1.165) is 10.5 Å². The molecule has 2 unspecified atom stereocenters. The standard InChI is InChI=1S/C21H23N3O4/c1-23(2)10-11-24-18(15-7-5-9-22-13-15)17(20(26)21(24)27)19(25)14-6-4-8-16(12-14)28-3/h4-9,12-13,17-18H,10-11H2,1-3H3/p+2. The SMILES string of the molecule is COc1cccc(C(=O)C2C(=O)C(=O)N(CC[NH+](C)C)C2c2ccc[nH+]c2)c1. The maximum absolute atomic E-state index is 13.3. The lowest BCUT2D eigenvalue weighted by Gasteiger charge is -2.26. The van der Waals surface area contributed by atoms with Crippen molar-refractivity contribution in [3.8, 4) is 5.75 Å². The van der Waals surface area contributed by atoms with Gasteiger partial charge in [0.1, 0.15) is 11.7 Å². The van der Waals surface area contributed by atoms with Crippen LogP contribution in [0.25, 0.3) is 0 Å². The summed E-state index contributed by atoms with van der Waals surface area (Å²) in [4.78, 5) is 44.5. The Balaban J connectivity index is 2.02. The largest absolute Gasteiger partial charge is 0.497 e. The summed E-state index contributed by atoms with van der Waals surface area (Å²) in [6.07, 6.45) is 3.48. The van der Waals surface area contributed by atoms with Gasteiger partial charge in [-0.1, -0.05) is 12.1 Å². The second-order valence-corrected chi connectivity index (χ2v) is 7.18. The highest BCUT2D eigenvalue weighted by Crippen LogP contribution is 2.37. The summed E-state index contributed by atoms with van der Waals surface area (Å²) in [5.41, 5.74) is 1.09. The van der Waals surface area contributed by atoms with Crippen LogP contribution >= 0.6 is 0 Å². The fourth-order valence-corrected chi connectivity index (χ4v) is 3.49. The van der Waals surface area contributed by atoms with Gasteiger partial charge in [-0.15, -0.1) is 0 Å². The second-order valence-electron chi connectivity index (χ2n) is 7.18. The highest BCUT2D eigenvalue weighted by Gasteiger charge is 2.52. The molecular formula is C21H25N3O4+2. The summed E-state index contributed by atoms with van der Waals surface area (Å²) in [6.45, 7) is 1.07. The Morgan fingerprint density at radius 1 is 1.21 bits per heavy atom. The molecule has 146 valence electrons. The molecule has 0 spiro atoms. The average Bonchev–Trinajstić information content (AvgIpc) is 2.97. The van der Waals surface area contributed by atoms with Crippen molar-refractivity contribution >= 4 is 17.5 Å². The first-order chi connectivity index (χ1) is 13.4. The van der Waals surface area contributed by atoms with E-state index in [1.54, 1.807) is 42.7 Å². The number of benzene rings is 1. The quantitative estimate of drug-likeness (QED) is 0.401. The molecule has 7 heteroatoms. The zero-order valence-corrected chi connectivity index (χ0v) is 16.3. The van der Waals surface area contributed by atoms with Gasteiger partial charge in [0, 0.05) is 17.2 Å². The first kappa shape index (κ1) is 19.7. The Hall–Kier alpha value is -3.06. The van der Waals surface area contributed by atoms with E-state index in [1.165, 1.54) is 12.0 Å². The van der Waals surface area contributed by atoms with E-state index in [0.29, 0.717) is 24.4 Å². The molecule has 7 nitrogen and oxygen atoms in total. The number of likely N-dealkylation sites (N-methyl/N-ethyl adjacent to an activating group) is 1. The maximum atomic E-state index is 13.3. The number of pyridine rings is 1. The number of likely N-dealkylation sites (tertiary alicyclic amines) is 1. The Morgan fingerprint density at radius 2 is 2.00 bits per heavy atom. The van der Waals surface area contributed by atoms with Gasteiger partial charge in [0.05, 0.1) is 40.3 Å². The van der Waals surface area contributed by atoms with Gasteiger partial charge < -0.3 is 14.5 Å². The van der Waals surface area contributed by atoms with Gasteiger partial charge in [-0.3, -0.25) is 14.4 Å². The van der Waals surface area contributed by atoms with Crippen LogP contribution in [0.15, 0.2) is 48.8 Å². The number of H-pyrrole nitrogens is 1. The third-order valence-corrected chi connectivity index (χ3v) is 4.97. The van der Waals surface area contributed by atoms with Crippen molar-refractivity contribution in [3.05, 3.63) is 59.9 Å². The van der Waals surface area contributed by atoms with Crippen LogP contribution in [0.3, 0.4) is 0 Å². The van der Waals surface area contributed by atoms with Crippen LogP contribution in [0, 0.1) is 5.92 Å². The Kier molecular flexibility index (Phi) is 5.84. The van der Waals surface area contributed by atoms with Crippen LogP contribution < -0.4 is 14.6 Å². The molecule has 1 saturated heterocycles. The molecule has 28 heavy (non-hydrogen) atoms. The zero-order chi connectivity index (χ0) is 20.3. The summed E-state index contributed by atoms with van der Waals surface area (Å²) in [7, 11) is 5.47. The van der Waals surface area contributed by atoms with Crippen LogP contribution in [0.5, 0.6) is 5.75 Å². The van der Waals surface area contributed by atoms with Gasteiger partial charge in [-0.2, -0.15) is 0 Å². The fraction of sp³-hybridized carbons (Fsp3) is 0.333. The van der Waals surface area contributed by atoms with Crippen LogP contribution in [-0.2, 0) is 9.59 Å². The highest BCUT2D eigenvalue weighted by molar-refractivity contribution is 6.44. The predicted molar refractivity (Wildman–Crippen MR) is 101 cm³/mol.